The monoisotopic (exact) mass is 478 g/mol. The quantitative estimate of drug-likeness (QED) is 0.341. The lowest BCUT2D eigenvalue weighted by Crippen LogP contribution is -2.26. The zero-order valence-electron chi connectivity index (χ0n) is 20.1. The van der Waals surface area contributed by atoms with Crippen molar-refractivity contribution < 1.29 is 9.32 Å². The van der Waals surface area contributed by atoms with Gasteiger partial charge in [0.2, 0.25) is 0 Å². The summed E-state index contributed by atoms with van der Waals surface area (Å²) >= 11 is 0. The van der Waals surface area contributed by atoms with Gasteiger partial charge in [0.15, 0.2) is 0 Å². The van der Waals surface area contributed by atoms with Gasteiger partial charge in [0.1, 0.15) is 12.1 Å². The normalized spacial score (nSPS) is 11.1. The van der Waals surface area contributed by atoms with Crippen LogP contribution in [0.2, 0.25) is 0 Å². The number of aromatic nitrogens is 5. The number of amides is 1. The molecule has 0 bridgehead atoms. The fourth-order valence-corrected chi connectivity index (χ4v) is 4.52. The van der Waals surface area contributed by atoms with Gasteiger partial charge in [-0.2, -0.15) is 0 Å². The summed E-state index contributed by atoms with van der Waals surface area (Å²) in [6.07, 6.45) is 2.27. The Morgan fingerprint density at radius 3 is 2.25 bits per heavy atom. The third-order valence-electron chi connectivity index (χ3n) is 6.24. The van der Waals surface area contributed by atoms with Crippen molar-refractivity contribution in [3.05, 3.63) is 113 Å². The number of carbonyl (C=O) groups is 1. The van der Waals surface area contributed by atoms with Crippen LogP contribution in [-0.4, -0.2) is 37.8 Å². The Morgan fingerprint density at radius 1 is 0.972 bits per heavy atom. The van der Waals surface area contributed by atoms with Crippen LogP contribution in [0, 0.1) is 13.8 Å². The molecule has 2 aromatic heterocycles. The van der Waals surface area contributed by atoms with Crippen LogP contribution in [-0.2, 0) is 0 Å². The average molecular weight is 479 g/mol. The molecule has 0 saturated heterocycles. The van der Waals surface area contributed by atoms with Crippen molar-refractivity contribution in [3.8, 4) is 16.8 Å². The molecule has 8 nitrogen and oxygen atoms in total. The maximum absolute atomic E-state index is 13.3. The largest absolute Gasteiger partial charge is 0.361 e. The molecular formula is C28H26N6O2. The molecule has 1 amide bonds. The fraction of sp³-hybridized carbons (Fsp3) is 0.179. The number of nitrogens with one attached hydrogen (secondary N) is 1. The molecule has 5 rings (SSSR count). The molecular weight excluding hydrogens is 452 g/mol. The molecule has 0 fully saturated rings. The second-order valence-electron chi connectivity index (χ2n) is 8.64. The molecule has 8 heteroatoms. The van der Waals surface area contributed by atoms with Gasteiger partial charge < -0.3 is 9.84 Å². The third kappa shape index (κ3) is 4.93. The van der Waals surface area contributed by atoms with E-state index in [9.17, 15) is 4.79 Å². The summed E-state index contributed by atoms with van der Waals surface area (Å²) in [5.41, 5.74) is 6.05. The lowest BCUT2D eigenvalue weighted by Gasteiger charge is -2.18. The molecule has 0 unspecified atom stereocenters. The summed E-state index contributed by atoms with van der Waals surface area (Å²) in [7, 11) is 0. The Bertz CT molecular complexity index is 1390. The highest BCUT2D eigenvalue weighted by Crippen LogP contribution is 2.30. The molecule has 2 heterocycles. The Hall–Kier alpha value is -4.59. The van der Waals surface area contributed by atoms with Gasteiger partial charge in [-0.15, -0.1) is 5.10 Å². The Morgan fingerprint density at radius 2 is 1.67 bits per heavy atom. The van der Waals surface area contributed by atoms with Crippen LogP contribution < -0.4 is 5.32 Å². The predicted octanol–water partition coefficient (Wildman–Crippen LogP) is 4.89. The van der Waals surface area contributed by atoms with E-state index in [1.165, 1.54) is 22.1 Å². The summed E-state index contributed by atoms with van der Waals surface area (Å²) in [5.74, 6) is 0.692. The molecule has 0 saturated carbocycles. The highest BCUT2D eigenvalue weighted by Gasteiger charge is 2.18. The Labute approximate surface area is 209 Å². The lowest BCUT2D eigenvalue weighted by atomic mass is 9.88. The van der Waals surface area contributed by atoms with Crippen molar-refractivity contribution in [2.45, 2.75) is 26.2 Å². The highest BCUT2D eigenvalue weighted by molar-refractivity contribution is 5.96. The van der Waals surface area contributed by atoms with Gasteiger partial charge >= 0.3 is 0 Å². The number of aryl methyl sites for hydroxylation is 2. The van der Waals surface area contributed by atoms with Crippen molar-refractivity contribution in [2.75, 3.05) is 6.54 Å². The van der Waals surface area contributed by atoms with Crippen LogP contribution in [0.4, 0.5) is 0 Å². The zero-order chi connectivity index (χ0) is 24.9. The van der Waals surface area contributed by atoms with E-state index in [1.807, 2.05) is 62.4 Å². The van der Waals surface area contributed by atoms with Gasteiger partial charge in [0.05, 0.1) is 11.4 Å². The van der Waals surface area contributed by atoms with E-state index in [0.717, 1.165) is 23.2 Å². The summed E-state index contributed by atoms with van der Waals surface area (Å²) in [4.78, 5) is 13.3. The van der Waals surface area contributed by atoms with Gasteiger partial charge in [-0.25, -0.2) is 4.68 Å². The highest BCUT2D eigenvalue weighted by atomic mass is 16.5. The number of hydrogen-bond donors (Lipinski definition) is 1. The molecule has 0 aliphatic carbocycles. The fourth-order valence-electron chi connectivity index (χ4n) is 4.52. The molecule has 0 aliphatic heterocycles. The molecule has 0 atom stereocenters. The number of tetrazole rings is 1. The molecule has 180 valence electrons. The topological polar surface area (TPSA) is 98.7 Å². The van der Waals surface area contributed by atoms with E-state index in [4.69, 9.17) is 4.52 Å². The van der Waals surface area contributed by atoms with Crippen molar-refractivity contribution in [3.63, 3.8) is 0 Å². The predicted molar refractivity (Wildman–Crippen MR) is 136 cm³/mol. The summed E-state index contributed by atoms with van der Waals surface area (Å²) in [5, 5.41) is 18.6. The van der Waals surface area contributed by atoms with E-state index < -0.39 is 0 Å². The van der Waals surface area contributed by atoms with Crippen molar-refractivity contribution in [1.29, 1.82) is 0 Å². The van der Waals surface area contributed by atoms with Crippen LogP contribution in [0.3, 0.4) is 0 Å². The minimum absolute atomic E-state index is 0.169. The molecule has 3 aromatic carbocycles. The van der Waals surface area contributed by atoms with E-state index in [0.29, 0.717) is 23.6 Å². The average Bonchev–Trinajstić information content (AvgIpc) is 3.57. The minimum atomic E-state index is -0.169. The SMILES string of the molecule is Cc1noc(C)c1-c1cc(C(=O)NCCC(c2ccccc2)c2ccccc2)cc(-n2cnnn2)c1. The number of benzene rings is 3. The zero-order valence-corrected chi connectivity index (χ0v) is 20.1. The number of carbonyl (C=O) groups excluding carboxylic acids is 1. The number of nitrogens with zero attached hydrogens (tertiary/aromatic N) is 5. The van der Waals surface area contributed by atoms with Crippen molar-refractivity contribution in [1.82, 2.24) is 30.7 Å². The molecule has 36 heavy (non-hydrogen) atoms. The number of rotatable bonds is 8. The first kappa shape index (κ1) is 23.2. The van der Waals surface area contributed by atoms with E-state index in [1.54, 1.807) is 6.07 Å². The van der Waals surface area contributed by atoms with Crippen LogP contribution in [0.25, 0.3) is 16.8 Å². The van der Waals surface area contributed by atoms with Gasteiger partial charge in [-0.05, 0) is 65.6 Å². The van der Waals surface area contributed by atoms with Crippen molar-refractivity contribution in [2.24, 2.45) is 0 Å². The molecule has 1 N–H and O–H groups in total. The van der Waals surface area contributed by atoms with E-state index >= 15 is 0 Å². The summed E-state index contributed by atoms with van der Waals surface area (Å²) < 4.78 is 6.89. The summed E-state index contributed by atoms with van der Waals surface area (Å²) in [6.45, 7) is 4.25. The van der Waals surface area contributed by atoms with E-state index in [2.05, 4.69) is 50.3 Å². The molecule has 0 aliphatic rings. The maximum Gasteiger partial charge on any atom is 0.251 e. The lowest BCUT2D eigenvalue weighted by molar-refractivity contribution is 0.0952. The van der Waals surface area contributed by atoms with Crippen LogP contribution in [0.1, 0.15) is 45.3 Å². The molecule has 0 radical (unpaired) electrons. The number of hydrogen-bond acceptors (Lipinski definition) is 6. The smallest absolute Gasteiger partial charge is 0.251 e. The maximum atomic E-state index is 13.3. The Balaban J connectivity index is 1.39. The third-order valence-corrected chi connectivity index (χ3v) is 6.24. The standard InChI is InChI=1S/C28H26N6O2/c1-19-27(20(2)36-31-19)23-15-24(17-25(16-23)34-18-30-32-33-34)28(35)29-14-13-26(21-9-5-3-6-10-21)22-11-7-4-8-12-22/h3-12,15-18,26H,13-14H2,1-2H3,(H,29,35). The van der Waals surface area contributed by atoms with Crippen LogP contribution >= 0.6 is 0 Å². The van der Waals surface area contributed by atoms with Crippen molar-refractivity contribution >= 4 is 5.91 Å². The van der Waals surface area contributed by atoms with Crippen LogP contribution in [0.15, 0.2) is 89.7 Å². The van der Waals surface area contributed by atoms with Gasteiger partial charge in [0.25, 0.3) is 5.91 Å². The minimum Gasteiger partial charge on any atom is -0.361 e. The second-order valence-corrected chi connectivity index (χ2v) is 8.64. The van der Waals surface area contributed by atoms with Gasteiger partial charge in [-0.3, -0.25) is 4.79 Å². The molecule has 0 spiro atoms. The summed E-state index contributed by atoms with van der Waals surface area (Å²) in [6, 6.07) is 26.3. The Kier molecular flexibility index (Phi) is 6.66. The van der Waals surface area contributed by atoms with Gasteiger partial charge in [0, 0.05) is 23.6 Å². The first-order valence-electron chi connectivity index (χ1n) is 11.8. The first-order valence-corrected chi connectivity index (χ1v) is 11.8. The van der Waals surface area contributed by atoms with Crippen LogP contribution in [0.5, 0.6) is 0 Å². The molecule has 5 aromatic rings. The van der Waals surface area contributed by atoms with Gasteiger partial charge in [-0.1, -0.05) is 65.8 Å². The van der Waals surface area contributed by atoms with E-state index in [-0.39, 0.29) is 11.8 Å². The second kappa shape index (κ2) is 10.4. The first-order chi connectivity index (χ1) is 17.6.